The Morgan fingerprint density at radius 1 is 0.525 bits per heavy atom. The quantitative estimate of drug-likeness (QED) is 0.270. The Morgan fingerprint density at radius 3 is 1.60 bits per heavy atom. The fourth-order valence-electron chi connectivity index (χ4n) is 4.95. The summed E-state index contributed by atoms with van der Waals surface area (Å²) in [5.41, 5.74) is 12.8. The first-order valence-corrected chi connectivity index (χ1v) is 15.0. The van der Waals surface area contributed by atoms with Gasteiger partial charge in [-0.3, -0.25) is 0 Å². The van der Waals surface area contributed by atoms with E-state index in [1.54, 1.807) is 5.57 Å². The molecular formula is C40H52. The molecule has 3 aromatic rings. The number of allylic oxidation sites excluding steroid dienone is 4. The third-order valence-electron chi connectivity index (χ3n) is 7.06. The smallest absolute Gasteiger partial charge is 0.00526 e. The largest absolute Gasteiger partial charge is 0.0795 e. The lowest BCUT2D eigenvalue weighted by molar-refractivity contribution is 0.469. The Morgan fingerprint density at radius 2 is 1.05 bits per heavy atom. The molecule has 0 radical (unpaired) electrons. The molecule has 0 fully saturated rings. The van der Waals surface area contributed by atoms with Gasteiger partial charge in [-0.2, -0.15) is 0 Å². The molecule has 40 heavy (non-hydrogen) atoms. The summed E-state index contributed by atoms with van der Waals surface area (Å²) in [5.74, 6) is 0. The van der Waals surface area contributed by atoms with Crippen LogP contribution in [0.2, 0.25) is 0 Å². The highest BCUT2D eigenvalue weighted by atomic mass is 14.3. The molecule has 3 aliphatic carbocycles. The Hall–Kier alpha value is -3.12. The number of fused-ring (bicyclic) bond motifs is 3. The lowest BCUT2D eigenvalue weighted by Gasteiger charge is -2.21. The summed E-state index contributed by atoms with van der Waals surface area (Å²) in [6, 6.07) is 25.9. The van der Waals surface area contributed by atoms with Gasteiger partial charge >= 0.3 is 0 Å². The van der Waals surface area contributed by atoms with Gasteiger partial charge in [0, 0.05) is 0 Å². The van der Waals surface area contributed by atoms with Crippen molar-refractivity contribution in [1.29, 1.82) is 0 Å². The van der Waals surface area contributed by atoms with E-state index in [1.165, 1.54) is 39.0 Å². The zero-order valence-corrected chi connectivity index (χ0v) is 26.9. The van der Waals surface area contributed by atoms with Crippen LogP contribution in [0.5, 0.6) is 0 Å². The predicted molar refractivity (Wildman–Crippen MR) is 179 cm³/mol. The Balaban J connectivity index is 0.000000155. The van der Waals surface area contributed by atoms with Gasteiger partial charge in [0.15, 0.2) is 0 Å². The summed E-state index contributed by atoms with van der Waals surface area (Å²) >= 11 is 0. The topological polar surface area (TPSA) is 0 Å². The van der Waals surface area contributed by atoms with E-state index in [9.17, 15) is 0 Å². The first-order valence-electron chi connectivity index (χ1n) is 15.0. The molecule has 3 aromatic carbocycles. The monoisotopic (exact) mass is 532 g/mol. The number of benzene rings is 3. The normalized spacial score (nSPS) is 14.7. The maximum Gasteiger partial charge on any atom is -0.00526 e. The van der Waals surface area contributed by atoms with Crippen LogP contribution in [0.15, 0.2) is 90.5 Å². The Kier molecular flexibility index (Phi) is 10.2. The summed E-state index contributed by atoms with van der Waals surface area (Å²) < 4.78 is 0. The fraction of sp³-hybridized carbons (Fsp3) is 0.400. The molecule has 212 valence electrons. The standard InChI is InChI=1S/2C13H16.C9H8.C5H12/c1-13(2,3)12-8-10-6-4-5-7-11(10)9-12;1-13(2,3)12-9-8-10-6-4-5-7-11(10)12;1-2-5-9-7-3-6-8(9)4-1;1-5(2,3)4/h4-8H,9H2,1-3H3;4-7,9H,8H2,1-3H3;1-6H,7H2;1-4H3. The van der Waals surface area contributed by atoms with Gasteiger partial charge in [0.2, 0.25) is 0 Å². The van der Waals surface area contributed by atoms with Gasteiger partial charge in [-0.15, -0.1) is 0 Å². The number of hydrogen-bond acceptors (Lipinski definition) is 0. The van der Waals surface area contributed by atoms with Crippen LogP contribution in [0.3, 0.4) is 0 Å². The van der Waals surface area contributed by atoms with Crippen molar-refractivity contribution in [3.63, 3.8) is 0 Å². The zero-order valence-electron chi connectivity index (χ0n) is 26.9. The summed E-state index contributed by atoms with van der Waals surface area (Å²) in [6.45, 7) is 22.4. The first-order chi connectivity index (χ1) is 18.6. The van der Waals surface area contributed by atoms with E-state index in [1.807, 2.05) is 0 Å². The number of rotatable bonds is 0. The lowest BCUT2D eigenvalue weighted by atomic mass is 9.83. The highest BCUT2D eigenvalue weighted by molar-refractivity contribution is 5.76. The lowest BCUT2D eigenvalue weighted by Crippen LogP contribution is -2.08. The van der Waals surface area contributed by atoms with Crippen molar-refractivity contribution >= 4 is 17.7 Å². The maximum absolute atomic E-state index is 2.37. The second-order valence-corrected chi connectivity index (χ2v) is 14.8. The minimum absolute atomic E-state index is 0.284. The summed E-state index contributed by atoms with van der Waals surface area (Å²) in [4.78, 5) is 0. The minimum Gasteiger partial charge on any atom is -0.0795 e. The fourth-order valence-corrected chi connectivity index (χ4v) is 4.95. The first kappa shape index (κ1) is 31.4. The van der Waals surface area contributed by atoms with Gasteiger partial charge in [-0.1, -0.05) is 172 Å². The molecule has 0 spiro atoms. The van der Waals surface area contributed by atoms with Crippen molar-refractivity contribution in [2.45, 2.75) is 88.5 Å². The van der Waals surface area contributed by atoms with Crippen molar-refractivity contribution in [1.82, 2.24) is 0 Å². The van der Waals surface area contributed by atoms with Crippen LogP contribution in [0, 0.1) is 16.2 Å². The van der Waals surface area contributed by atoms with E-state index in [2.05, 4.69) is 166 Å². The van der Waals surface area contributed by atoms with Crippen LogP contribution in [-0.4, -0.2) is 0 Å². The van der Waals surface area contributed by atoms with E-state index in [0.717, 1.165) is 19.3 Å². The minimum atomic E-state index is 0.284. The highest BCUT2D eigenvalue weighted by Gasteiger charge is 2.24. The molecule has 0 saturated carbocycles. The maximum atomic E-state index is 2.37. The molecule has 0 heterocycles. The molecule has 0 heteroatoms. The molecular weight excluding hydrogens is 480 g/mol. The average Bonchev–Trinajstić information content (AvgIpc) is 3.60. The van der Waals surface area contributed by atoms with E-state index < -0.39 is 0 Å². The van der Waals surface area contributed by atoms with Gasteiger partial charge in [-0.25, -0.2) is 0 Å². The van der Waals surface area contributed by atoms with Crippen LogP contribution in [0.1, 0.15) is 103 Å². The average molecular weight is 533 g/mol. The van der Waals surface area contributed by atoms with E-state index in [4.69, 9.17) is 0 Å². The van der Waals surface area contributed by atoms with Crippen molar-refractivity contribution < 1.29 is 0 Å². The van der Waals surface area contributed by atoms with Gasteiger partial charge in [-0.05, 0) is 74.5 Å². The molecule has 6 rings (SSSR count). The molecule has 0 N–H and O–H groups in total. The summed E-state index contributed by atoms with van der Waals surface area (Å²) in [6.07, 6.45) is 12.5. The van der Waals surface area contributed by atoms with Crippen molar-refractivity contribution in [3.05, 3.63) is 124 Å². The van der Waals surface area contributed by atoms with E-state index in [-0.39, 0.29) is 5.41 Å². The molecule has 3 aliphatic rings. The van der Waals surface area contributed by atoms with Gasteiger partial charge in [0.1, 0.15) is 0 Å². The Bertz CT molecular complexity index is 1350. The molecule has 0 aliphatic heterocycles. The van der Waals surface area contributed by atoms with Crippen LogP contribution < -0.4 is 0 Å². The summed E-state index contributed by atoms with van der Waals surface area (Å²) in [5, 5.41) is 0. The third-order valence-corrected chi connectivity index (χ3v) is 7.06. The second-order valence-electron chi connectivity index (χ2n) is 14.8. The molecule has 0 atom stereocenters. The molecule has 0 aromatic heterocycles. The van der Waals surface area contributed by atoms with Crippen LogP contribution in [0.4, 0.5) is 0 Å². The van der Waals surface area contributed by atoms with Crippen molar-refractivity contribution in [2.75, 3.05) is 0 Å². The SMILES string of the molecule is C1=Cc2ccccc2C1.CC(C)(C)C.CC(C)(C)C1=CCc2ccccc21.CC(C)(C)C1=Cc2ccccc2C1. The second kappa shape index (κ2) is 13.0. The Labute approximate surface area is 246 Å². The van der Waals surface area contributed by atoms with Crippen LogP contribution >= 0.6 is 0 Å². The molecule has 0 saturated heterocycles. The van der Waals surface area contributed by atoms with Gasteiger partial charge < -0.3 is 0 Å². The number of hydrogen-bond donors (Lipinski definition) is 0. The predicted octanol–water partition coefficient (Wildman–Crippen LogP) is 11.7. The molecule has 0 nitrogen and oxygen atoms in total. The van der Waals surface area contributed by atoms with Gasteiger partial charge in [0.05, 0.1) is 0 Å². The molecule has 0 amide bonds. The van der Waals surface area contributed by atoms with Gasteiger partial charge in [0.25, 0.3) is 0 Å². The third kappa shape index (κ3) is 9.51. The molecule has 0 unspecified atom stereocenters. The van der Waals surface area contributed by atoms with E-state index in [0.29, 0.717) is 10.8 Å². The molecule has 0 bridgehead atoms. The van der Waals surface area contributed by atoms with E-state index >= 15 is 0 Å². The van der Waals surface area contributed by atoms with Crippen LogP contribution in [-0.2, 0) is 19.3 Å². The summed E-state index contributed by atoms with van der Waals surface area (Å²) in [7, 11) is 0. The van der Waals surface area contributed by atoms with Crippen LogP contribution in [0.25, 0.3) is 17.7 Å². The van der Waals surface area contributed by atoms with Crippen molar-refractivity contribution in [3.8, 4) is 0 Å². The van der Waals surface area contributed by atoms with Crippen molar-refractivity contribution in [2.24, 2.45) is 16.2 Å². The highest BCUT2D eigenvalue weighted by Crippen LogP contribution is 2.39. The zero-order chi connectivity index (χ0) is 29.6.